The van der Waals surface area contributed by atoms with Gasteiger partial charge in [0.05, 0.1) is 6.10 Å². The fourth-order valence-electron chi connectivity index (χ4n) is 1.46. The molecule has 0 aliphatic heterocycles. The van der Waals surface area contributed by atoms with Crippen LogP contribution in [0.25, 0.3) is 0 Å². The molecule has 0 radical (unpaired) electrons. The number of aliphatic hydroxyl groups excluding tert-OH is 1. The van der Waals surface area contributed by atoms with E-state index in [4.69, 9.17) is 0 Å². The second-order valence-corrected chi connectivity index (χ2v) is 4.42. The third-order valence-corrected chi connectivity index (χ3v) is 2.42. The van der Waals surface area contributed by atoms with E-state index in [-0.39, 0.29) is 12.5 Å². The van der Waals surface area contributed by atoms with Crippen molar-refractivity contribution in [3.8, 4) is 0 Å². The van der Waals surface area contributed by atoms with Gasteiger partial charge in [-0.2, -0.15) is 5.10 Å². The zero-order valence-electron chi connectivity index (χ0n) is 10.8. The molecule has 1 amide bonds. The highest BCUT2D eigenvalue weighted by molar-refractivity contribution is 5.92. The lowest BCUT2D eigenvalue weighted by Gasteiger charge is -2.15. The van der Waals surface area contributed by atoms with E-state index in [1.54, 1.807) is 17.8 Å². The number of hydrogen-bond acceptors (Lipinski definition) is 4. The molecule has 1 aromatic heterocycles. The van der Waals surface area contributed by atoms with Crippen molar-refractivity contribution in [1.29, 1.82) is 0 Å². The number of aliphatic hydroxyl groups is 1. The third-order valence-electron chi connectivity index (χ3n) is 2.42. The normalized spacial score (nSPS) is 12.8. The van der Waals surface area contributed by atoms with Gasteiger partial charge in [0.25, 0.3) is 5.91 Å². The first-order valence-corrected chi connectivity index (χ1v) is 5.51. The van der Waals surface area contributed by atoms with E-state index in [1.165, 1.54) is 0 Å². The van der Waals surface area contributed by atoms with E-state index in [0.717, 1.165) is 5.69 Å². The summed E-state index contributed by atoms with van der Waals surface area (Å²) in [6.45, 7) is 2.62. The van der Waals surface area contributed by atoms with Gasteiger partial charge in [-0.15, -0.1) is 0 Å². The summed E-state index contributed by atoms with van der Waals surface area (Å²) in [7, 11) is 5.52. The lowest BCUT2D eigenvalue weighted by molar-refractivity contribution is 0.0887. The molecule has 1 aromatic rings. The van der Waals surface area contributed by atoms with Crippen molar-refractivity contribution < 1.29 is 9.90 Å². The Balaban J connectivity index is 2.45. The first kappa shape index (κ1) is 13.7. The molecule has 1 atom stereocenters. The van der Waals surface area contributed by atoms with Gasteiger partial charge >= 0.3 is 0 Å². The monoisotopic (exact) mass is 240 g/mol. The summed E-state index contributed by atoms with van der Waals surface area (Å²) in [5.41, 5.74) is 1.30. The number of carbonyl (C=O) groups excluding carboxylic acids is 1. The fraction of sp³-hybridized carbons (Fsp3) is 0.636. The van der Waals surface area contributed by atoms with E-state index in [2.05, 4.69) is 10.4 Å². The zero-order chi connectivity index (χ0) is 13.0. The van der Waals surface area contributed by atoms with Crippen molar-refractivity contribution in [1.82, 2.24) is 20.0 Å². The number of aryl methyl sites for hydroxylation is 2. The molecule has 0 aliphatic carbocycles. The second-order valence-electron chi connectivity index (χ2n) is 4.42. The minimum absolute atomic E-state index is 0.229. The van der Waals surface area contributed by atoms with Crippen molar-refractivity contribution >= 4 is 5.91 Å². The number of nitrogens with zero attached hydrogens (tertiary/aromatic N) is 3. The third kappa shape index (κ3) is 4.16. The Morgan fingerprint density at radius 3 is 2.76 bits per heavy atom. The molecule has 0 fully saturated rings. The van der Waals surface area contributed by atoms with Gasteiger partial charge in [0.2, 0.25) is 0 Å². The van der Waals surface area contributed by atoms with Crippen LogP contribution < -0.4 is 5.32 Å². The molecule has 0 aliphatic rings. The average molecular weight is 240 g/mol. The highest BCUT2D eigenvalue weighted by Crippen LogP contribution is 2.00. The largest absolute Gasteiger partial charge is 0.390 e. The van der Waals surface area contributed by atoms with Crippen LogP contribution in [0.5, 0.6) is 0 Å². The highest BCUT2D eigenvalue weighted by atomic mass is 16.3. The van der Waals surface area contributed by atoms with Crippen molar-refractivity contribution in [3.05, 3.63) is 17.5 Å². The molecule has 0 aromatic carbocycles. The molecule has 1 heterocycles. The summed E-state index contributed by atoms with van der Waals surface area (Å²) in [4.78, 5) is 13.6. The molecule has 96 valence electrons. The lowest BCUT2D eigenvalue weighted by atomic mass is 10.3. The van der Waals surface area contributed by atoms with Crippen LogP contribution in [0.2, 0.25) is 0 Å². The number of amides is 1. The highest BCUT2D eigenvalue weighted by Gasteiger charge is 2.12. The number of hydrogen-bond donors (Lipinski definition) is 2. The Kier molecular flexibility index (Phi) is 4.65. The van der Waals surface area contributed by atoms with Gasteiger partial charge in [-0.3, -0.25) is 9.48 Å². The Hall–Kier alpha value is -1.40. The van der Waals surface area contributed by atoms with Gasteiger partial charge in [0.1, 0.15) is 5.69 Å². The number of carbonyl (C=O) groups is 1. The zero-order valence-corrected chi connectivity index (χ0v) is 10.8. The quantitative estimate of drug-likeness (QED) is 0.719. The topological polar surface area (TPSA) is 70.4 Å². The standard InChI is InChI=1S/C11H20N4O2/c1-8-5-10(13-15(8)4)11(17)12-6-9(16)7-14(2)3/h5,9,16H,6-7H2,1-4H3,(H,12,17). The maximum absolute atomic E-state index is 11.7. The Labute approximate surface area is 101 Å². The van der Waals surface area contributed by atoms with Crippen LogP contribution in [-0.2, 0) is 7.05 Å². The summed E-state index contributed by atoms with van der Waals surface area (Å²) in [6, 6.07) is 1.72. The molecule has 0 bridgehead atoms. The Bertz CT molecular complexity index is 367. The number of likely N-dealkylation sites (N-methyl/N-ethyl adjacent to an activating group) is 1. The fourth-order valence-corrected chi connectivity index (χ4v) is 1.46. The van der Waals surface area contributed by atoms with Gasteiger partial charge < -0.3 is 15.3 Å². The summed E-state index contributed by atoms with van der Waals surface area (Å²) >= 11 is 0. The molecule has 1 unspecified atom stereocenters. The van der Waals surface area contributed by atoms with Crippen LogP contribution in [0, 0.1) is 6.92 Å². The smallest absolute Gasteiger partial charge is 0.271 e. The van der Waals surface area contributed by atoms with Crippen molar-refractivity contribution in [3.63, 3.8) is 0 Å². The summed E-state index contributed by atoms with van der Waals surface area (Å²) in [5, 5.41) is 16.3. The van der Waals surface area contributed by atoms with Gasteiger partial charge in [-0.1, -0.05) is 0 Å². The van der Waals surface area contributed by atoms with Crippen LogP contribution >= 0.6 is 0 Å². The maximum Gasteiger partial charge on any atom is 0.271 e. The first-order valence-electron chi connectivity index (χ1n) is 5.51. The molecule has 6 heteroatoms. The molecule has 0 saturated carbocycles. The Morgan fingerprint density at radius 1 is 1.65 bits per heavy atom. The minimum Gasteiger partial charge on any atom is -0.390 e. The minimum atomic E-state index is -0.571. The lowest BCUT2D eigenvalue weighted by Crippen LogP contribution is -2.37. The van der Waals surface area contributed by atoms with Crippen LogP contribution in [0.1, 0.15) is 16.2 Å². The molecule has 0 spiro atoms. The van der Waals surface area contributed by atoms with Gasteiger partial charge in [0.15, 0.2) is 0 Å². The average Bonchev–Trinajstić information content (AvgIpc) is 2.55. The molecule has 1 rings (SSSR count). The maximum atomic E-state index is 11.7. The number of aromatic nitrogens is 2. The van der Waals surface area contributed by atoms with Crippen molar-refractivity contribution in [2.24, 2.45) is 7.05 Å². The van der Waals surface area contributed by atoms with Crippen LogP contribution in [0.15, 0.2) is 6.07 Å². The molecular formula is C11H20N4O2. The Morgan fingerprint density at radius 2 is 2.29 bits per heavy atom. The molecule has 2 N–H and O–H groups in total. The first-order chi connectivity index (χ1) is 7.90. The van der Waals surface area contributed by atoms with E-state index in [9.17, 15) is 9.90 Å². The SMILES string of the molecule is Cc1cc(C(=O)NCC(O)CN(C)C)nn1C. The summed E-state index contributed by atoms with van der Waals surface area (Å²) < 4.78 is 1.64. The molecule has 17 heavy (non-hydrogen) atoms. The van der Waals surface area contributed by atoms with Crippen LogP contribution in [-0.4, -0.2) is 59.0 Å². The van der Waals surface area contributed by atoms with Gasteiger partial charge in [-0.25, -0.2) is 0 Å². The second kappa shape index (κ2) is 5.79. The number of nitrogens with one attached hydrogen (secondary N) is 1. The van der Waals surface area contributed by atoms with E-state index in [0.29, 0.717) is 12.2 Å². The molecule has 0 saturated heterocycles. The van der Waals surface area contributed by atoms with Crippen molar-refractivity contribution in [2.45, 2.75) is 13.0 Å². The van der Waals surface area contributed by atoms with E-state index in [1.807, 2.05) is 25.9 Å². The molecular weight excluding hydrogens is 220 g/mol. The number of rotatable bonds is 5. The van der Waals surface area contributed by atoms with Crippen molar-refractivity contribution in [2.75, 3.05) is 27.2 Å². The van der Waals surface area contributed by atoms with Gasteiger partial charge in [-0.05, 0) is 27.1 Å². The van der Waals surface area contributed by atoms with Crippen LogP contribution in [0.4, 0.5) is 0 Å². The van der Waals surface area contributed by atoms with E-state index >= 15 is 0 Å². The summed E-state index contributed by atoms with van der Waals surface area (Å²) in [6.07, 6.45) is -0.571. The van der Waals surface area contributed by atoms with Crippen LogP contribution in [0.3, 0.4) is 0 Å². The summed E-state index contributed by atoms with van der Waals surface area (Å²) in [5.74, 6) is -0.258. The molecule has 6 nitrogen and oxygen atoms in total. The van der Waals surface area contributed by atoms with Gasteiger partial charge in [0, 0.05) is 25.8 Å². The predicted octanol–water partition coefficient (Wildman–Crippen LogP) is -0.619. The predicted molar refractivity (Wildman–Crippen MR) is 64.8 cm³/mol. The van der Waals surface area contributed by atoms with E-state index < -0.39 is 6.10 Å².